The third-order valence-corrected chi connectivity index (χ3v) is 6.35. The molecule has 0 amide bonds. The number of hydrogen-bond acceptors (Lipinski definition) is 6. The Labute approximate surface area is 188 Å². The zero-order valence-electron chi connectivity index (χ0n) is 16.7. The average Bonchev–Trinajstić information content (AvgIpc) is 3.45. The topological polar surface area (TPSA) is 52.5 Å². The lowest BCUT2D eigenvalue weighted by Gasteiger charge is -2.38. The van der Waals surface area contributed by atoms with E-state index in [9.17, 15) is 0 Å². The van der Waals surface area contributed by atoms with Gasteiger partial charge in [0, 0.05) is 27.6 Å². The van der Waals surface area contributed by atoms with Crippen molar-refractivity contribution < 1.29 is 18.9 Å². The molecular weight excluding hydrogens is 460 g/mol. The van der Waals surface area contributed by atoms with Crippen LogP contribution >= 0.6 is 15.9 Å². The van der Waals surface area contributed by atoms with E-state index < -0.39 is 0 Å². The maximum atomic E-state index is 6.43. The molecule has 0 aromatic heterocycles. The van der Waals surface area contributed by atoms with Gasteiger partial charge >= 0.3 is 0 Å². The number of rotatable bonds is 3. The molecule has 2 atom stereocenters. The summed E-state index contributed by atoms with van der Waals surface area (Å²) in [7, 11) is 1.67. The monoisotopic (exact) mass is 478 g/mol. The maximum Gasteiger partial charge on any atom is 0.231 e. The molecule has 3 aromatic rings. The molecule has 0 bridgehead atoms. The molecule has 3 aliphatic rings. The summed E-state index contributed by atoms with van der Waals surface area (Å²) in [5.74, 6) is 3.23. The predicted molar refractivity (Wildman–Crippen MR) is 119 cm³/mol. The van der Waals surface area contributed by atoms with Crippen molar-refractivity contribution >= 4 is 21.6 Å². The van der Waals surface area contributed by atoms with Gasteiger partial charge in [0.15, 0.2) is 11.5 Å². The minimum absolute atomic E-state index is 0.0776. The highest BCUT2D eigenvalue weighted by atomic mass is 79.9. The summed E-state index contributed by atoms with van der Waals surface area (Å²) in [5, 5.41) is 7.08. The van der Waals surface area contributed by atoms with Crippen molar-refractivity contribution in [1.29, 1.82) is 0 Å². The molecule has 0 unspecified atom stereocenters. The van der Waals surface area contributed by atoms with E-state index in [0.29, 0.717) is 0 Å². The van der Waals surface area contributed by atoms with E-state index in [0.717, 1.165) is 56.3 Å². The fourth-order valence-corrected chi connectivity index (χ4v) is 4.68. The van der Waals surface area contributed by atoms with Crippen molar-refractivity contribution in [3.63, 3.8) is 0 Å². The van der Waals surface area contributed by atoms with Gasteiger partial charge in [0.25, 0.3) is 0 Å². The van der Waals surface area contributed by atoms with Crippen molar-refractivity contribution in [2.24, 2.45) is 5.10 Å². The van der Waals surface area contributed by atoms with Crippen molar-refractivity contribution in [3.8, 4) is 23.0 Å². The quantitative estimate of drug-likeness (QED) is 0.502. The van der Waals surface area contributed by atoms with Crippen LogP contribution in [0.5, 0.6) is 23.0 Å². The summed E-state index contributed by atoms with van der Waals surface area (Å²) in [4.78, 5) is 0. The minimum Gasteiger partial charge on any atom is -0.497 e. The van der Waals surface area contributed by atoms with Gasteiger partial charge in [-0.15, -0.1) is 0 Å². The van der Waals surface area contributed by atoms with Gasteiger partial charge in [-0.05, 0) is 60.7 Å². The Balaban J connectivity index is 1.42. The van der Waals surface area contributed by atoms with E-state index in [1.54, 1.807) is 7.11 Å². The molecule has 0 radical (unpaired) electrons. The molecule has 0 saturated heterocycles. The number of halogens is 1. The molecule has 3 heterocycles. The van der Waals surface area contributed by atoms with E-state index in [4.69, 9.17) is 24.0 Å². The fourth-order valence-electron chi connectivity index (χ4n) is 4.30. The molecule has 156 valence electrons. The zero-order valence-corrected chi connectivity index (χ0v) is 18.3. The summed E-state index contributed by atoms with van der Waals surface area (Å²) in [6.07, 6.45) is 0.454. The van der Waals surface area contributed by atoms with Crippen LogP contribution in [0, 0.1) is 0 Å². The molecule has 6 rings (SSSR count). The van der Waals surface area contributed by atoms with Gasteiger partial charge in [-0.1, -0.05) is 15.9 Å². The van der Waals surface area contributed by atoms with E-state index in [1.807, 2.05) is 54.6 Å². The molecule has 0 spiro atoms. The highest BCUT2D eigenvalue weighted by Crippen LogP contribution is 2.48. The maximum absolute atomic E-state index is 6.43. The molecule has 0 N–H and O–H groups in total. The lowest BCUT2D eigenvalue weighted by Crippen LogP contribution is -2.33. The van der Waals surface area contributed by atoms with Crippen LogP contribution in [0.2, 0.25) is 0 Å². The first-order chi connectivity index (χ1) is 15.2. The van der Waals surface area contributed by atoms with Crippen molar-refractivity contribution in [1.82, 2.24) is 5.01 Å². The Morgan fingerprint density at radius 3 is 2.61 bits per heavy atom. The lowest BCUT2D eigenvalue weighted by molar-refractivity contribution is -0.0191. The minimum atomic E-state index is -0.323. The second kappa shape index (κ2) is 7.20. The smallest absolute Gasteiger partial charge is 0.231 e. The van der Waals surface area contributed by atoms with Crippen LogP contribution in [0.4, 0.5) is 0 Å². The summed E-state index contributed by atoms with van der Waals surface area (Å²) >= 11 is 3.60. The standard InChI is InChI=1S/C24H19BrN2O4/c1-28-17-6-2-14(3-7-17)24-27-20(18-11-16(25)5-9-21(18)31-24)12-19(26-27)15-4-8-22-23(10-15)30-13-29-22/h2-11,20,24H,12-13H2,1H3/t20-,24-/m0/s1. The van der Waals surface area contributed by atoms with Crippen LogP contribution in [0.25, 0.3) is 0 Å². The van der Waals surface area contributed by atoms with E-state index in [-0.39, 0.29) is 19.1 Å². The van der Waals surface area contributed by atoms with E-state index in [2.05, 4.69) is 27.0 Å². The van der Waals surface area contributed by atoms with Crippen LogP contribution in [-0.2, 0) is 0 Å². The van der Waals surface area contributed by atoms with Crippen molar-refractivity contribution in [2.75, 3.05) is 13.9 Å². The van der Waals surface area contributed by atoms with Gasteiger partial charge in [-0.25, -0.2) is 5.01 Å². The SMILES string of the molecule is COc1ccc([C@@H]2Oc3ccc(Br)cc3[C@@H]3CC(c4ccc5c(c4)OCO5)=NN32)cc1. The van der Waals surface area contributed by atoms with Crippen LogP contribution in [0.15, 0.2) is 70.2 Å². The molecule has 31 heavy (non-hydrogen) atoms. The van der Waals surface area contributed by atoms with Crippen molar-refractivity contribution in [3.05, 3.63) is 81.8 Å². The fraction of sp³-hybridized carbons (Fsp3) is 0.208. The van der Waals surface area contributed by atoms with Gasteiger partial charge in [-0.2, -0.15) is 5.10 Å². The predicted octanol–water partition coefficient (Wildman–Crippen LogP) is 5.43. The molecule has 3 aliphatic heterocycles. The summed E-state index contributed by atoms with van der Waals surface area (Å²) < 4.78 is 23.8. The van der Waals surface area contributed by atoms with Gasteiger partial charge < -0.3 is 18.9 Å². The van der Waals surface area contributed by atoms with Gasteiger partial charge in [0.1, 0.15) is 11.5 Å². The number of nitrogens with zero attached hydrogens (tertiary/aromatic N) is 2. The molecule has 3 aromatic carbocycles. The van der Waals surface area contributed by atoms with Crippen LogP contribution in [0.1, 0.15) is 35.4 Å². The lowest BCUT2D eigenvalue weighted by atomic mass is 9.96. The first-order valence-corrected chi connectivity index (χ1v) is 10.8. The average molecular weight is 479 g/mol. The highest BCUT2D eigenvalue weighted by Gasteiger charge is 2.41. The van der Waals surface area contributed by atoms with Gasteiger partial charge in [0.2, 0.25) is 13.0 Å². The van der Waals surface area contributed by atoms with E-state index in [1.165, 1.54) is 0 Å². The number of methoxy groups -OCH3 is 1. The van der Waals surface area contributed by atoms with E-state index >= 15 is 0 Å². The van der Waals surface area contributed by atoms with Crippen LogP contribution in [-0.4, -0.2) is 24.6 Å². The Morgan fingerprint density at radius 2 is 1.77 bits per heavy atom. The molecule has 0 fully saturated rings. The van der Waals surface area contributed by atoms with Crippen LogP contribution in [0.3, 0.4) is 0 Å². The summed E-state index contributed by atoms with van der Waals surface area (Å²) in [5.41, 5.74) is 4.18. The second-order valence-electron chi connectivity index (χ2n) is 7.64. The third-order valence-electron chi connectivity index (χ3n) is 5.86. The zero-order chi connectivity index (χ0) is 20.9. The summed E-state index contributed by atoms with van der Waals surface area (Å²) in [6.45, 7) is 0.259. The molecule has 0 aliphatic carbocycles. The molecule has 6 nitrogen and oxygen atoms in total. The normalized spacial score (nSPS) is 20.6. The van der Waals surface area contributed by atoms with Gasteiger partial charge in [-0.3, -0.25) is 0 Å². The Hall–Kier alpha value is -3.19. The first-order valence-electron chi connectivity index (χ1n) is 10.1. The Morgan fingerprint density at radius 1 is 0.968 bits per heavy atom. The van der Waals surface area contributed by atoms with Crippen molar-refractivity contribution in [2.45, 2.75) is 18.7 Å². The van der Waals surface area contributed by atoms with Gasteiger partial charge in [0.05, 0.1) is 18.9 Å². The molecular formula is C24H19BrN2O4. The number of fused-ring (bicyclic) bond motifs is 4. The Bertz CT molecular complexity index is 1190. The molecule has 7 heteroatoms. The number of hydrazone groups is 1. The third kappa shape index (κ3) is 3.11. The highest BCUT2D eigenvalue weighted by molar-refractivity contribution is 9.10. The van der Waals surface area contributed by atoms with Crippen LogP contribution < -0.4 is 18.9 Å². The summed E-state index contributed by atoms with van der Waals surface area (Å²) in [6, 6.07) is 20.2. The number of hydrogen-bond donors (Lipinski definition) is 0. The molecule has 0 saturated carbocycles. The Kier molecular flexibility index (Phi) is 4.31. The largest absolute Gasteiger partial charge is 0.497 e. The number of benzene rings is 3. The second-order valence-corrected chi connectivity index (χ2v) is 8.56. The first kappa shape index (κ1) is 18.6. The number of ether oxygens (including phenoxy) is 4.